The van der Waals surface area contributed by atoms with Crippen LogP contribution in [-0.2, 0) is 6.42 Å². The van der Waals surface area contributed by atoms with Crippen molar-refractivity contribution in [2.75, 3.05) is 11.4 Å². The van der Waals surface area contributed by atoms with Crippen molar-refractivity contribution in [2.24, 2.45) is 0 Å². The number of aryl methyl sites for hydroxylation is 1. The van der Waals surface area contributed by atoms with Crippen LogP contribution in [0.1, 0.15) is 20.9 Å². The highest BCUT2D eigenvalue weighted by Gasteiger charge is 2.28. The molecule has 1 amide bonds. The van der Waals surface area contributed by atoms with Crippen molar-refractivity contribution in [3.63, 3.8) is 0 Å². The van der Waals surface area contributed by atoms with Gasteiger partial charge in [0.1, 0.15) is 4.88 Å². The molecule has 3 aromatic rings. The van der Waals surface area contributed by atoms with Crippen molar-refractivity contribution in [1.82, 2.24) is 14.6 Å². The van der Waals surface area contributed by atoms with E-state index < -0.39 is 0 Å². The van der Waals surface area contributed by atoms with Gasteiger partial charge in [-0.15, -0.1) is 5.10 Å². The molecule has 1 aliphatic heterocycles. The molecule has 0 saturated heterocycles. The number of carbonyl (C=O) groups excluding carboxylic acids is 1. The molecule has 1 aromatic carbocycles. The Bertz CT molecular complexity index is 875. The first kappa shape index (κ1) is 14.0. The van der Waals surface area contributed by atoms with Crippen LogP contribution in [-0.4, -0.2) is 27.0 Å². The van der Waals surface area contributed by atoms with Crippen LogP contribution in [0.15, 0.2) is 42.7 Å². The number of fused-ring (bicyclic) bond motifs is 1. The van der Waals surface area contributed by atoms with Crippen molar-refractivity contribution in [2.45, 2.75) is 13.3 Å². The first-order chi connectivity index (χ1) is 11.2. The van der Waals surface area contributed by atoms with E-state index >= 15 is 0 Å². The number of carbonyl (C=O) groups is 1. The molecule has 0 saturated carbocycles. The van der Waals surface area contributed by atoms with E-state index in [0.29, 0.717) is 17.1 Å². The number of benzene rings is 1. The standard InChI is InChI=1S/C17H14N4OS/c1-11-16(23-20-19-11)17(22)21-9-6-14-10-13(2-3-15(14)21)12-4-7-18-8-5-12/h2-5,7-8,10H,6,9H2,1H3. The highest BCUT2D eigenvalue weighted by atomic mass is 32.1. The van der Waals surface area contributed by atoms with E-state index in [9.17, 15) is 4.79 Å². The molecule has 3 heterocycles. The Kier molecular flexibility index (Phi) is 3.38. The number of amides is 1. The van der Waals surface area contributed by atoms with E-state index in [1.165, 1.54) is 5.56 Å². The van der Waals surface area contributed by atoms with Crippen LogP contribution >= 0.6 is 11.5 Å². The fourth-order valence-electron chi connectivity index (χ4n) is 2.89. The average Bonchev–Trinajstić information content (AvgIpc) is 3.20. The Hall–Kier alpha value is -2.60. The molecule has 0 N–H and O–H groups in total. The fraction of sp³-hybridized carbons (Fsp3) is 0.176. The molecule has 6 heteroatoms. The molecule has 0 atom stereocenters. The van der Waals surface area contributed by atoms with E-state index in [2.05, 4.69) is 26.7 Å². The minimum Gasteiger partial charge on any atom is -0.307 e. The summed E-state index contributed by atoms with van der Waals surface area (Å²) in [5, 5.41) is 3.93. The molecule has 0 unspecified atom stereocenters. The number of pyridine rings is 1. The summed E-state index contributed by atoms with van der Waals surface area (Å²) in [5.74, 6) is -0.00656. The third-order valence-electron chi connectivity index (χ3n) is 4.08. The summed E-state index contributed by atoms with van der Waals surface area (Å²) >= 11 is 1.16. The van der Waals surface area contributed by atoms with Crippen molar-refractivity contribution < 1.29 is 4.79 Å². The lowest BCUT2D eigenvalue weighted by Crippen LogP contribution is -2.28. The van der Waals surface area contributed by atoms with Crippen LogP contribution in [0.3, 0.4) is 0 Å². The predicted octanol–water partition coefficient (Wildman–Crippen LogP) is 3.11. The van der Waals surface area contributed by atoms with E-state index in [1.807, 2.05) is 30.0 Å². The molecule has 0 bridgehead atoms. The number of rotatable bonds is 2. The highest BCUT2D eigenvalue weighted by Crippen LogP contribution is 2.33. The van der Waals surface area contributed by atoms with Crippen LogP contribution in [0.25, 0.3) is 11.1 Å². The van der Waals surface area contributed by atoms with Gasteiger partial charge in [0.2, 0.25) is 0 Å². The van der Waals surface area contributed by atoms with Gasteiger partial charge < -0.3 is 4.90 Å². The quantitative estimate of drug-likeness (QED) is 0.727. The van der Waals surface area contributed by atoms with Gasteiger partial charge in [-0.1, -0.05) is 10.6 Å². The molecular formula is C17H14N4OS. The minimum atomic E-state index is -0.00656. The van der Waals surface area contributed by atoms with Gasteiger partial charge in [-0.3, -0.25) is 9.78 Å². The maximum absolute atomic E-state index is 12.7. The highest BCUT2D eigenvalue weighted by molar-refractivity contribution is 7.08. The lowest BCUT2D eigenvalue weighted by atomic mass is 10.0. The van der Waals surface area contributed by atoms with E-state index in [1.54, 1.807) is 12.4 Å². The second kappa shape index (κ2) is 5.55. The number of anilines is 1. The van der Waals surface area contributed by atoms with E-state index in [0.717, 1.165) is 34.8 Å². The molecule has 0 aliphatic carbocycles. The largest absolute Gasteiger partial charge is 0.307 e. The van der Waals surface area contributed by atoms with Crippen molar-refractivity contribution in [3.05, 3.63) is 58.9 Å². The van der Waals surface area contributed by atoms with Gasteiger partial charge in [0, 0.05) is 24.6 Å². The molecular weight excluding hydrogens is 308 g/mol. The maximum atomic E-state index is 12.7. The summed E-state index contributed by atoms with van der Waals surface area (Å²) in [6.07, 6.45) is 4.45. The number of hydrogen-bond donors (Lipinski definition) is 0. The summed E-state index contributed by atoms with van der Waals surface area (Å²) in [7, 11) is 0. The molecule has 4 rings (SSSR count). The summed E-state index contributed by atoms with van der Waals surface area (Å²) in [6.45, 7) is 2.52. The smallest absolute Gasteiger partial charge is 0.271 e. The lowest BCUT2D eigenvalue weighted by Gasteiger charge is -2.16. The number of nitrogens with zero attached hydrogens (tertiary/aromatic N) is 4. The zero-order valence-corrected chi connectivity index (χ0v) is 13.4. The van der Waals surface area contributed by atoms with Crippen LogP contribution < -0.4 is 4.90 Å². The predicted molar refractivity (Wildman–Crippen MR) is 89.7 cm³/mol. The average molecular weight is 322 g/mol. The molecule has 5 nitrogen and oxygen atoms in total. The Morgan fingerprint density at radius 1 is 1.17 bits per heavy atom. The third-order valence-corrected chi connectivity index (χ3v) is 4.90. The molecule has 1 aliphatic rings. The van der Waals surface area contributed by atoms with E-state index in [-0.39, 0.29) is 5.91 Å². The summed E-state index contributed by atoms with van der Waals surface area (Å²) in [5.41, 5.74) is 5.16. The van der Waals surface area contributed by atoms with Crippen LogP contribution in [0.2, 0.25) is 0 Å². The van der Waals surface area contributed by atoms with Crippen molar-refractivity contribution in [3.8, 4) is 11.1 Å². The molecule has 2 aromatic heterocycles. The van der Waals surface area contributed by atoms with Crippen molar-refractivity contribution >= 4 is 23.1 Å². The Morgan fingerprint density at radius 3 is 2.74 bits per heavy atom. The zero-order chi connectivity index (χ0) is 15.8. The van der Waals surface area contributed by atoms with Gasteiger partial charge in [0.05, 0.1) is 5.69 Å². The Labute approximate surface area is 137 Å². The first-order valence-corrected chi connectivity index (χ1v) is 8.15. The molecule has 114 valence electrons. The molecule has 0 fully saturated rings. The first-order valence-electron chi connectivity index (χ1n) is 7.38. The zero-order valence-electron chi connectivity index (χ0n) is 12.6. The summed E-state index contributed by atoms with van der Waals surface area (Å²) in [6, 6.07) is 10.2. The van der Waals surface area contributed by atoms with Crippen LogP contribution in [0.4, 0.5) is 5.69 Å². The molecule has 0 radical (unpaired) electrons. The van der Waals surface area contributed by atoms with E-state index in [4.69, 9.17) is 0 Å². The third kappa shape index (κ3) is 2.41. The van der Waals surface area contributed by atoms with Gasteiger partial charge in [0.25, 0.3) is 5.91 Å². The SMILES string of the molecule is Cc1nnsc1C(=O)N1CCc2cc(-c3ccncc3)ccc21. The van der Waals surface area contributed by atoms with Gasteiger partial charge in [0.15, 0.2) is 0 Å². The van der Waals surface area contributed by atoms with Gasteiger partial charge in [-0.05, 0) is 65.8 Å². The minimum absolute atomic E-state index is 0.00656. The topological polar surface area (TPSA) is 59.0 Å². The normalized spacial score (nSPS) is 13.2. The van der Waals surface area contributed by atoms with Gasteiger partial charge in [-0.25, -0.2) is 0 Å². The second-order valence-corrected chi connectivity index (χ2v) is 6.23. The number of aromatic nitrogens is 3. The second-order valence-electron chi connectivity index (χ2n) is 5.47. The monoisotopic (exact) mass is 322 g/mol. The maximum Gasteiger partial charge on any atom is 0.271 e. The van der Waals surface area contributed by atoms with Crippen molar-refractivity contribution in [1.29, 1.82) is 0 Å². The summed E-state index contributed by atoms with van der Waals surface area (Å²) < 4.78 is 3.86. The molecule has 0 spiro atoms. The Balaban J connectivity index is 1.68. The van der Waals surface area contributed by atoms with Crippen LogP contribution in [0.5, 0.6) is 0 Å². The Morgan fingerprint density at radius 2 is 2.00 bits per heavy atom. The van der Waals surface area contributed by atoms with Gasteiger partial charge >= 0.3 is 0 Å². The van der Waals surface area contributed by atoms with Crippen LogP contribution in [0, 0.1) is 6.92 Å². The fourth-order valence-corrected chi connectivity index (χ4v) is 3.49. The molecule has 23 heavy (non-hydrogen) atoms. The van der Waals surface area contributed by atoms with Gasteiger partial charge in [-0.2, -0.15) is 0 Å². The number of hydrogen-bond acceptors (Lipinski definition) is 5. The summed E-state index contributed by atoms with van der Waals surface area (Å²) in [4.78, 5) is 19.2. The lowest BCUT2D eigenvalue weighted by molar-refractivity contribution is 0.0992.